The van der Waals surface area contributed by atoms with Crippen molar-refractivity contribution in [3.8, 4) is 5.88 Å². The molecular weight excluding hydrogens is 380 g/mol. The molecule has 1 fully saturated rings. The molecule has 28 heavy (non-hydrogen) atoms. The normalized spacial score (nSPS) is 15.2. The van der Waals surface area contributed by atoms with Gasteiger partial charge in [-0.05, 0) is 25.0 Å². The van der Waals surface area contributed by atoms with E-state index in [2.05, 4.69) is 15.3 Å². The van der Waals surface area contributed by atoms with Crippen LogP contribution in [0, 0.1) is 0 Å². The first-order chi connectivity index (χ1) is 13.5. The summed E-state index contributed by atoms with van der Waals surface area (Å²) in [5.41, 5.74) is 0. The van der Waals surface area contributed by atoms with Crippen LogP contribution in [0.2, 0.25) is 0 Å². The number of sulfone groups is 1. The Hall–Kier alpha value is -2.68. The lowest BCUT2D eigenvalue weighted by molar-refractivity contribution is -0.131. The van der Waals surface area contributed by atoms with Crippen LogP contribution in [0.25, 0.3) is 0 Å². The summed E-state index contributed by atoms with van der Waals surface area (Å²) in [5, 5.41) is 3.31. The van der Waals surface area contributed by atoms with Gasteiger partial charge in [-0.3, -0.25) is 4.79 Å². The minimum atomic E-state index is -3.44. The summed E-state index contributed by atoms with van der Waals surface area (Å²) in [4.78, 5) is 22.8. The molecular formula is C19H24N4O4S. The Balaban J connectivity index is 1.49. The van der Waals surface area contributed by atoms with Gasteiger partial charge in [-0.25, -0.2) is 18.4 Å². The molecule has 0 radical (unpaired) electrons. The number of hydrogen-bond donors (Lipinski definition) is 1. The molecule has 150 valence electrons. The van der Waals surface area contributed by atoms with Gasteiger partial charge in [-0.2, -0.15) is 0 Å². The van der Waals surface area contributed by atoms with Gasteiger partial charge in [0.1, 0.15) is 0 Å². The van der Waals surface area contributed by atoms with E-state index >= 15 is 0 Å². The molecule has 1 aromatic carbocycles. The summed E-state index contributed by atoms with van der Waals surface area (Å²) >= 11 is 0. The minimum absolute atomic E-state index is 0.00664. The van der Waals surface area contributed by atoms with Gasteiger partial charge >= 0.3 is 0 Å². The number of nitrogens with one attached hydrogen (secondary N) is 1. The van der Waals surface area contributed by atoms with Gasteiger partial charge < -0.3 is 15.0 Å². The summed E-state index contributed by atoms with van der Waals surface area (Å²) < 4.78 is 29.8. The second-order valence-electron chi connectivity index (χ2n) is 6.60. The highest BCUT2D eigenvalue weighted by atomic mass is 32.2. The Morgan fingerprint density at radius 3 is 2.54 bits per heavy atom. The molecule has 9 heteroatoms. The summed E-state index contributed by atoms with van der Waals surface area (Å²) in [6.07, 6.45) is 4.65. The van der Waals surface area contributed by atoms with Crippen LogP contribution in [0.5, 0.6) is 5.88 Å². The standard InChI is InChI=1S/C19H24N4O4S/c1-27-19-18(20-10-11-21-19)22-15-7-12-23(13-8-15)17(24)9-14-28(25,26)16-5-3-2-4-6-16/h2-6,10-11,15H,7-9,12-14H2,1H3,(H,20,22). The molecule has 0 atom stereocenters. The first-order valence-corrected chi connectivity index (χ1v) is 10.8. The summed E-state index contributed by atoms with van der Waals surface area (Å²) in [6.45, 7) is 1.15. The zero-order chi connectivity index (χ0) is 20.0. The fourth-order valence-electron chi connectivity index (χ4n) is 3.17. The number of likely N-dealkylation sites (tertiary alicyclic amines) is 1. The molecule has 0 aliphatic carbocycles. The Morgan fingerprint density at radius 2 is 1.86 bits per heavy atom. The van der Waals surface area contributed by atoms with Gasteiger partial charge in [0, 0.05) is 37.9 Å². The van der Waals surface area contributed by atoms with E-state index in [-0.39, 0.29) is 29.0 Å². The number of methoxy groups -OCH3 is 1. The summed E-state index contributed by atoms with van der Waals surface area (Å²) in [6, 6.07) is 8.38. The molecule has 1 aliphatic heterocycles. The molecule has 1 aromatic heterocycles. The van der Waals surface area contributed by atoms with Crippen molar-refractivity contribution in [3.05, 3.63) is 42.7 Å². The molecule has 0 saturated carbocycles. The maximum atomic E-state index is 12.4. The van der Waals surface area contributed by atoms with Gasteiger partial charge in [-0.15, -0.1) is 0 Å². The molecule has 2 aromatic rings. The summed E-state index contributed by atoms with van der Waals surface area (Å²) in [7, 11) is -1.90. The van der Waals surface area contributed by atoms with Crippen molar-refractivity contribution in [1.82, 2.24) is 14.9 Å². The molecule has 1 saturated heterocycles. The molecule has 3 rings (SSSR count). The average molecular weight is 404 g/mol. The molecule has 1 aliphatic rings. The lowest BCUT2D eigenvalue weighted by atomic mass is 10.0. The molecule has 2 heterocycles. The van der Waals surface area contributed by atoms with Crippen molar-refractivity contribution in [3.63, 3.8) is 0 Å². The van der Waals surface area contributed by atoms with E-state index in [4.69, 9.17) is 4.74 Å². The van der Waals surface area contributed by atoms with Crippen molar-refractivity contribution in [2.45, 2.75) is 30.2 Å². The lowest BCUT2D eigenvalue weighted by Crippen LogP contribution is -2.43. The SMILES string of the molecule is COc1nccnc1NC1CCN(C(=O)CCS(=O)(=O)c2ccccc2)CC1. The van der Waals surface area contributed by atoms with E-state index in [1.54, 1.807) is 54.7 Å². The monoisotopic (exact) mass is 404 g/mol. The number of benzene rings is 1. The Kier molecular flexibility index (Phi) is 6.45. The number of aromatic nitrogens is 2. The maximum absolute atomic E-state index is 12.4. The average Bonchev–Trinajstić information content (AvgIpc) is 2.73. The second kappa shape index (κ2) is 9.01. The van der Waals surface area contributed by atoms with Crippen LogP contribution < -0.4 is 10.1 Å². The first kappa shape index (κ1) is 20.1. The van der Waals surface area contributed by atoms with Crippen LogP contribution in [-0.4, -0.2) is 61.2 Å². The fraction of sp³-hybridized carbons (Fsp3) is 0.421. The highest BCUT2D eigenvalue weighted by Crippen LogP contribution is 2.22. The van der Waals surface area contributed by atoms with E-state index in [9.17, 15) is 13.2 Å². The molecule has 0 spiro atoms. The number of nitrogens with zero attached hydrogens (tertiary/aromatic N) is 3. The van der Waals surface area contributed by atoms with Crippen LogP contribution in [0.15, 0.2) is 47.6 Å². The number of carbonyl (C=O) groups is 1. The Bertz CT molecular complexity index is 897. The molecule has 1 N–H and O–H groups in total. The number of ether oxygens (including phenoxy) is 1. The van der Waals surface area contributed by atoms with E-state index in [1.807, 2.05) is 0 Å². The van der Waals surface area contributed by atoms with Crippen LogP contribution in [-0.2, 0) is 14.6 Å². The van der Waals surface area contributed by atoms with Gasteiger partial charge in [0.05, 0.1) is 17.8 Å². The number of anilines is 1. The number of carbonyl (C=O) groups excluding carboxylic acids is 1. The van der Waals surface area contributed by atoms with Crippen molar-refractivity contribution in [2.75, 3.05) is 31.3 Å². The first-order valence-electron chi connectivity index (χ1n) is 9.17. The smallest absolute Gasteiger partial charge is 0.257 e. The number of piperidine rings is 1. The Labute approximate surface area is 164 Å². The van der Waals surface area contributed by atoms with Crippen molar-refractivity contribution in [1.29, 1.82) is 0 Å². The highest BCUT2D eigenvalue weighted by Gasteiger charge is 2.25. The zero-order valence-corrected chi connectivity index (χ0v) is 16.6. The van der Waals surface area contributed by atoms with Crippen molar-refractivity contribution < 1.29 is 17.9 Å². The highest BCUT2D eigenvalue weighted by molar-refractivity contribution is 7.91. The summed E-state index contributed by atoms with van der Waals surface area (Å²) in [5.74, 6) is 0.719. The van der Waals surface area contributed by atoms with E-state index in [1.165, 1.54) is 0 Å². The van der Waals surface area contributed by atoms with Gasteiger partial charge in [0.2, 0.25) is 5.91 Å². The third-order valence-electron chi connectivity index (χ3n) is 4.73. The maximum Gasteiger partial charge on any atom is 0.257 e. The second-order valence-corrected chi connectivity index (χ2v) is 8.70. The molecule has 1 amide bonds. The molecule has 0 unspecified atom stereocenters. The molecule has 8 nitrogen and oxygen atoms in total. The minimum Gasteiger partial charge on any atom is -0.478 e. The lowest BCUT2D eigenvalue weighted by Gasteiger charge is -2.32. The van der Waals surface area contributed by atoms with Gasteiger partial charge in [-0.1, -0.05) is 18.2 Å². The van der Waals surface area contributed by atoms with Crippen molar-refractivity contribution in [2.24, 2.45) is 0 Å². The fourth-order valence-corrected chi connectivity index (χ4v) is 4.42. The van der Waals surface area contributed by atoms with E-state index < -0.39 is 9.84 Å². The largest absolute Gasteiger partial charge is 0.478 e. The number of rotatable bonds is 7. The van der Waals surface area contributed by atoms with Crippen molar-refractivity contribution >= 4 is 21.6 Å². The van der Waals surface area contributed by atoms with Crippen LogP contribution >= 0.6 is 0 Å². The quantitative estimate of drug-likeness (QED) is 0.750. The number of hydrogen-bond acceptors (Lipinski definition) is 7. The number of amides is 1. The van der Waals surface area contributed by atoms with Crippen LogP contribution in [0.4, 0.5) is 5.82 Å². The predicted octanol–water partition coefficient (Wildman–Crippen LogP) is 1.75. The molecule has 0 bridgehead atoms. The van der Waals surface area contributed by atoms with E-state index in [0.29, 0.717) is 24.8 Å². The third-order valence-corrected chi connectivity index (χ3v) is 6.47. The van der Waals surface area contributed by atoms with E-state index in [0.717, 1.165) is 12.8 Å². The van der Waals surface area contributed by atoms with Gasteiger partial charge in [0.25, 0.3) is 5.88 Å². The topological polar surface area (TPSA) is 101 Å². The predicted molar refractivity (Wildman–Crippen MR) is 105 cm³/mol. The van der Waals surface area contributed by atoms with Gasteiger partial charge in [0.15, 0.2) is 15.7 Å². The van der Waals surface area contributed by atoms with Crippen LogP contribution in [0.3, 0.4) is 0 Å². The zero-order valence-electron chi connectivity index (χ0n) is 15.7. The Morgan fingerprint density at radius 1 is 1.18 bits per heavy atom. The third kappa shape index (κ3) is 4.98. The van der Waals surface area contributed by atoms with Crippen LogP contribution in [0.1, 0.15) is 19.3 Å².